The van der Waals surface area contributed by atoms with E-state index in [-0.39, 0.29) is 22.1 Å². The zero-order valence-corrected chi connectivity index (χ0v) is 20.4. The van der Waals surface area contributed by atoms with Crippen LogP contribution >= 0.6 is 23.4 Å². The summed E-state index contributed by atoms with van der Waals surface area (Å²) in [5, 5.41) is 8.15. The summed E-state index contributed by atoms with van der Waals surface area (Å²) in [6, 6.07) is 6.22. The molecular formula is C22H25Cl2N3O6. The number of ketones is 1. The van der Waals surface area contributed by atoms with E-state index >= 15 is 0 Å². The van der Waals surface area contributed by atoms with Crippen LogP contribution in [-0.2, 0) is 9.59 Å². The lowest BCUT2D eigenvalue weighted by molar-refractivity contribution is -0.126. The molecule has 0 aliphatic carbocycles. The van der Waals surface area contributed by atoms with Crippen molar-refractivity contribution in [3.8, 4) is 23.0 Å². The average molecular weight is 498 g/mol. The molecule has 0 N–H and O–H groups in total. The van der Waals surface area contributed by atoms with Crippen molar-refractivity contribution >= 4 is 46.4 Å². The minimum Gasteiger partial charge on any atom is -0.497 e. The number of anilines is 1. The molecule has 0 aliphatic rings. The summed E-state index contributed by atoms with van der Waals surface area (Å²) in [6.45, 7) is 5.66. The van der Waals surface area contributed by atoms with Gasteiger partial charge in [0.2, 0.25) is 6.04 Å². The molecule has 0 spiro atoms. The first-order valence-corrected chi connectivity index (χ1v) is 10.7. The molecule has 0 saturated carbocycles. The van der Waals surface area contributed by atoms with E-state index in [1.165, 1.54) is 39.3 Å². The lowest BCUT2D eigenvalue weighted by atomic mass is 10.2. The fraction of sp³-hybridized carbons (Fsp3) is 0.364. The third-order valence-electron chi connectivity index (χ3n) is 4.30. The van der Waals surface area contributed by atoms with Gasteiger partial charge in [-0.1, -0.05) is 11.6 Å². The van der Waals surface area contributed by atoms with Crippen LogP contribution in [-0.4, -0.2) is 45.2 Å². The Labute approximate surface area is 202 Å². The first-order valence-electron chi connectivity index (χ1n) is 9.99. The van der Waals surface area contributed by atoms with Gasteiger partial charge in [-0.25, -0.2) is 4.42 Å². The second-order valence-electron chi connectivity index (χ2n) is 6.50. The first-order chi connectivity index (χ1) is 15.8. The topological polar surface area (TPSA) is 99.0 Å². The predicted octanol–water partition coefficient (Wildman–Crippen LogP) is 5.38. The monoisotopic (exact) mass is 497 g/mol. The highest BCUT2D eigenvalue weighted by molar-refractivity contribution is 6.39. The Bertz CT molecular complexity index is 1030. The van der Waals surface area contributed by atoms with Gasteiger partial charge in [-0.15, -0.1) is 0 Å². The third kappa shape index (κ3) is 6.49. The highest BCUT2D eigenvalue weighted by atomic mass is 35.5. The van der Waals surface area contributed by atoms with E-state index in [1.54, 1.807) is 12.1 Å². The second kappa shape index (κ2) is 12.3. The summed E-state index contributed by atoms with van der Waals surface area (Å²) in [7, 11) is 2.91. The molecule has 11 heteroatoms. The van der Waals surface area contributed by atoms with E-state index in [0.29, 0.717) is 30.5 Å². The maximum absolute atomic E-state index is 13.0. The van der Waals surface area contributed by atoms with Crippen LogP contribution in [0.5, 0.6) is 23.0 Å². The lowest BCUT2D eigenvalue weighted by Crippen LogP contribution is -2.36. The average Bonchev–Trinajstić information content (AvgIpc) is 2.80. The van der Waals surface area contributed by atoms with Crippen LogP contribution < -0.4 is 23.4 Å². The van der Waals surface area contributed by atoms with Gasteiger partial charge in [0.1, 0.15) is 22.9 Å². The molecule has 9 nitrogen and oxygen atoms in total. The molecule has 1 amide bonds. The molecule has 178 valence electrons. The van der Waals surface area contributed by atoms with Crippen molar-refractivity contribution < 1.29 is 28.5 Å². The number of hydrogen-bond acceptors (Lipinski definition) is 8. The molecule has 2 aromatic rings. The summed E-state index contributed by atoms with van der Waals surface area (Å²) in [5.74, 6) is 0.253. The van der Waals surface area contributed by atoms with Crippen molar-refractivity contribution in [2.24, 2.45) is 10.2 Å². The fourth-order valence-corrected chi connectivity index (χ4v) is 3.16. The Kier molecular flexibility index (Phi) is 9.74. The van der Waals surface area contributed by atoms with Gasteiger partial charge in [-0.05, 0) is 32.9 Å². The quantitative estimate of drug-likeness (QED) is 0.234. The summed E-state index contributed by atoms with van der Waals surface area (Å²) in [5.41, 5.74) is 0.412. The number of halogens is 2. The Morgan fingerprint density at radius 3 is 2.18 bits per heavy atom. The molecule has 0 fully saturated rings. The van der Waals surface area contributed by atoms with Crippen molar-refractivity contribution in [2.75, 3.05) is 31.9 Å². The Morgan fingerprint density at radius 1 is 1.00 bits per heavy atom. The van der Waals surface area contributed by atoms with Crippen LogP contribution in [0.3, 0.4) is 0 Å². The first kappa shape index (κ1) is 26.2. The van der Waals surface area contributed by atoms with Gasteiger partial charge in [0, 0.05) is 30.0 Å². The number of azo groups is 1. The Balaban J connectivity index is 2.37. The van der Waals surface area contributed by atoms with Crippen LogP contribution in [0.15, 0.2) is 40.6 Å². The number of nitrogens with zero attached hydrogens (tertiary/aromatic N) is 3. The van der Waals surface area contributed by atoms with Gasteiger partial charge in [0.15, 0.2) is 17.3 Å². The summed E-state index contributed by atoms with van der Waals surface area (Å²) < 4.78 is 22.2. The number of rotatable bonds is 11. The zero-order chi connectivity index (χ0) is 24.5. The minimum atomic E-state index is -1.51. The molecule has 1 unspecified atom stereocenters. The molecule has 1 atom stereocenters. The highest BCUT2D eigenvalue weighted by Crippen LogP contribution is 2.39. The van der Waals surface area contributed by atoms with E-state index in [2.05, 4.69) is 10.2 Å². The molecule has 33 heavy (non-hydrogen) atoms. The van der Waals surface area contributed by atoms with Crippen molar-refractivity contribution in [3.63, 3.8) is 0 Å². The van der Waals surface area contributed by atoms with Crippen LogP contribution in [0.25, 0.3) is 0 Å². The maximum Gasteiger partial charge on any atom is 0.276 e. The SMILES string of the molecule is CCOc1cc(Cl)c(N=NC(C(C)=O)C(=O)N(Cl)c2ccc(OC)cc2OC)cc1OCC. The smallest absolute Gasteiger partial charge is 0.276 e. The van der Waals surface area contributed by atoms with Crippen LogP contribution in [0.4, 0.5) is 11.4 Å². The maximum atomic E-state index is 13.0. The van der Waals surface area contributed by atoms with Crippen molar-refractivity contribution in [1.29, 1.82) is 0 Å². The molecule has 2 rings (SSSR count). The largest absolute Gasteiger partial charge is 0.497 e. The molecule has 0 heterocycles. The zero-order valence-electron chi connectivity index (χ0n) is 18.9. The summed E-state index contributed by atoms with van der Waals surface area (Å²) >= 11 is 12.5. The molecule has 0 aliphatic heterocycles. The van der Waals surface area contributed by atoms with Crippen molar-refractivity contribution in [3.05, 3.63) is 35.4 Å². The normalized spacial score (nSPS) is 11.7. The number of carbonyl (C=O) groups is 2. The molecule has 0 saturated heterocycles. The third-order valence-corrected chi connectivity index (χ3v) is 4.96. The van der Waals surface area contributed by atoms with Crippen molar-refractivity contribution in [1.82, 2.24) is 0 Å². The van der Waals surface area contributed by atoms with Gasteiger partial charge in [-0.2, -0.15) is 10.2 Å². The van der Waals surface area contributed by atoms with Crippen LogP contribution in [0, 0.1) is 0 Å². The molecular weight excluding hydrogens is 473 g/mol. The van der Waals surface area contributed by atoms with E-state index in [4.69, 9.17) is 42.3 Å². The predicted molar refractivity (Wildman–Crippen MR) is 126 cm³/mol. The number of carbonyl (C=O) groups excluding carboxylic acids is 2. The van der Waals surface area contributed by atoms with E-state index < -0.39 is 17.7 Å². The summed E-state index contributed by atoms with van der Waals surface area (Å²) in [6.07, 6.45) is 0. The Morgan fingerprint density at radius 2 is 1.64 bits per heavy atom. The van der Waals surface area contributed by atoms with E-state index in [0.717, 1.165) is 4.42 Å². The molecule has 0 bridgehead atoms. The van der Waals surface area contributed by atoms with Crippen molar-refractivity contribution in [2.45, 2.75) is 26.8 Å². The fourth-order valence-electron chi connectivity index (χ4n) is 2.74. The highest BCUT2D eigenvalue weighted by Gasteiger charge is 2.30. The van der Waals surface area contributed by atoms with Gasteiger partial charge in [0.05, 0.1) is 32.5 Å². The number of hydrogen-bond donors (Lipinski definition) is 0. The standard InChI is InChI=1S/C22H25Cl2N3O6/c1-6-32-19-11-15(23)16(12-20(19)33-7-2)25-26-21(13(3)28)22(29)27(24)17-9-8-14(30-4)10-18(17)31-5/h8-12,21H,6-7H2,1-5H3. The number of methoxy groups -OCH3 is 2. The molecule has 2 aromatic carbocycles. The van der Waals surface area contributed by atoms with Gasteiger partial charge < -0.3 is 18.9 Å². The van der Waals surface area contributed by atoms with Crippen LogP contribution in [0.1, 0.15) is 20.8 Å². The second-order valence-corrected chi connectivity index (χ2v) is 7.25. The minimum absolute atomic E-state index is 0.200. The lowest BCUT2D eigenvalue weighted by Gasteiger charge is -2.19. The van der Waals surface area contributed by atoms with E-state index in [1.807, 2.05) is 13.8 Å². The van der Waals surface area contributed by atoms with Gasteiger partial charge in [-0.3, -0.25) is 9.59 Å². The Hall–Kier alpha value is -3.04. The molecule has 0 radical (unpaired) electrons. The summed E-state index contributed by atoms with van der Waals surface area (Å²) in [4.78, 5) is 25.2. The number of amides is 1. The van der Waals surface area contributed by atoms with Crippen LogP contribution in [0.2, 0.25) is 5.02 Å². The van der Waals surface area contributed by atoms with Gasteiger partial charge >= 0.3 is 0 Å². The molecule has 0 aromatic heterocycles. The number of benzene rings is 2. The number of ether oxygens (including phenoxy) is 4. The number of Topliss-reactive ketones (excluding diaryl/α,β-unsaturated/α-hetero) is 1. The van der Waals surface area contributed by atoms with Gasteiger partial charge in [0.25, 0.3) is 5.91 Å². The van der Waals surface area contributed by atoms with E-state index in [9.17, 15) is 9.59 Å².